The molecular formula is C19H19F3N2O3S. The van der Waals surface area contributed by atoms with Crippen LogP contribution in [0.2, 0.25) is 0 Å². The zero-order valence-electron chi connectivity index (χ0n) is 15.0. The molecule has 2 aromatic rings. The van der Waals surface area contributed by atoms with Crippen molar-refractivity contribution < 1.29 is 26.4 Å². The minimum Gasteiger partial charge on any atom is -0.349 e. The Labute approximate surface area is 161 Å². The molecule has 0 radical (unpaired) electrons. The van der Waals surface area contributed by atoms with Crippen molar-refractivity contribution in [3.8, 4) is 0 Å². The lowest BCUT2D eigenvalue weighted by atomic mass is 10.1. The lowest BCUT2D eigenvalue weighted by Gasteiger charge is -2.13. The molecular weight excluding hydrogens is 393 g/mol. The maximum Gasteiger partial charge on any atom is 0.416 e. The smallest absolute Gasteiger partial charge is 0.349 e. The molecule has 150 valence electrons. The predicted molar refractivity (Wildman–Crippen MR) is 98.3 cm³/mol. The number of hydrogen-bond acceptors (Lipinski definition) is 3. The lowest BCUT2D eigenvalue weighted by Crippen LogP contribution is -2.33. The van der Waals surface area contributed by atoms with E-state index in [4.69, 9.17) is 0 Å². The second kappa shape index (κ2) is 7.46. The minimum atomic E-state index is -4.58. The van der Waals surface area contributed by atoms with Crippen LogP contribution in [0.15, 0.2) is 53.4 Å². The lowest BCUT2D eigenvalue weighted by molar-refractivity contribution is -0.137. The number of carbonyl (C=O) groups excluding carboxylic acids is 1. The Hall–Kier alpha value is -2.55. The maximum atomic E-state index is 12.8. The fourth-order valence-corrected chi connectivity index (χ4v) is 3.81. The van der Waals surface area contributed by atoms with Crippen LogP contribution in [-0.2, 0) is 16.2 Å². The molecule has 1 saturated carbocycles. The Kier molecular flexibility index (Phi) is 5.38. The molecule has 2 aromatic carbocycles. The summed E-state index contributed by atoms with van der Waals surface area (Å²) in [5.41, 5.74) is -0.843. The van der Waals surface area contributed by atoms with E-state index in [0.717, 1.165) is 31.0 Å². The number of hydrogen-bond donors (Lipinski definition) is 2. The van der Waals surface area contributed by atoms with Gasteiger partial charge in [0, 0.05) is 17.3 Å². The molecule has 1 amide bonds. The highest BCUT2D eigenvalue weighted by molar-refractivity contribution is 7.92. The summed E-state index contributed by atoms with van der Waals surface area (Å²) in [5, 5.41) is 2.87. The van der Waals surface area contributed by atoms with Crippen LogP contribution in [0.3, 0.4) is 0 Å². The number of carbonyl (C=O) groups is 1. The second-order valence-electron chi connectivity index (χ2n) is 6.81. The van der Waals surface area contributed by atoms with Crippen LogP contribution < -0.4 is 10.0 Å². The number of anilines is 1. The first-order chi connectivity index (χ1) is 13.1. The third kappa shape index (κ3) is 4.83. The Morgan fingerprint density at radius 2 is 1.75 bits per heavy atom. The van der Waals surface area contributed by atoms with Crippen LogP contribution >= 0.6 is 0 Å². The van der Waals surface area contributed by atoms with Gasteiger partial charge in [0.2, 0.25) is 0 Å². The Morgan fingerprint density at radius 3 is 2.32 bits per heavy atom. The molecule has 0 unspecified atom stereocenters. The maximum absolute atomic E-state index is 12.8. The van der Waals surface area contributed by atoms with Crippen molar-refractivity contribution in [1.29, 1.82) is 0 Å². The topological polar surface area (TPSA) is 75.3 Å². The summed E-state index contributed by atoms with van der Waals surface area (Å²) >= 11 is 0. The number of nitrogens with one attached hydrogen (secondary N) is 2. The van der Waals surface area contributed by atoms with Gasteiger partial charge in [-0.25, -0.2) is 8.42 Å². The van der Waals surface area contributed by atoms with E-state index in [9.17, 15) is 26.4 Å². The highest BCUT2D eigenvalue weighted by Gasteiger charge is 2.31. The minimum absolute atomic E-state index is 0.0542. The summed E-state index contributed by atoms with van der Waals surface area (Å²) < 4.78 is 65.3. The zero-order valence-corrected chi connectivity index (χ0v) is 15.8. The van der Waals surface area contributed by atoms with Gasteiger partial charge in [0.1, 0.15) is 0 Å². The Bertz CT molecular complexity index is 969. The van der Waals surface area contributed by atoms with E-state index in [1.54, 1.807) is 0 Å². The van der Waals surface area contributed by atoms with Crippen molar-refractivity contribution in [2.75, 3.05) is 4.72 Å². The molecule has 0 saturated heterocycles. The molecule has 0 heterocycles. The standard InChI is InChI=1S/C19H19F3N2O3S/c1-12(13-5-6-13)23-18(25)14-7-9-17(10-8-14)28(26,27)24-16-4-2-3-15(11-16)19(20,21)22/h2-4,7-13,24H,5-6H2,1H3,(H,23,25)/t12-/m0/s1. The molecule has 5 nitrogen and oxygen atoms in total. The first-order valence-electron chi connectivity index (χ1n) is 8.67. The van der Waals surface area contributed by atoms with Gasteiger partial charge in [-0.05, 0) is 68.1 Å². The first kappa shape index (κ1) is 20.2. The number of sulfonamides is 1. The fraction of sp³-hybridized carbons (Fsp3) is 0.316. The molecule has 1 aliphatic carbocycles. The monoisotopic (exact) mass is 412 g/mol. The molecule has 0 bridgehead atoms. The quantitative estimate of drug-likeness (QED) is 0.752. The second-order valence-corrected chi connectivity index (χ2v) is 8.49. The summed E-state index contributed by atoms with van der Waals surface area (Å²) in [6.45, 7) is 1.92. The highest BCUT2D eigenvalue weighted by Crippen LogP contribution is 2.32. The Morgan fingerprint density at radius 1 is 1.11 bits per heavy atom. The number of amides is 1. The van der Waals surface area contributed by atoms with E-state index >= 15 is 0 Å². The molecule has 1 aliphatic rings. The van der Waals surface area contributed by atoms with E-state index in [1.807, 2.05) is 6.92 Å². The van der Waals surface area contributed by atoms with Gasteiger partial charge in [-0.15, -0.1) is 0 Å². The summed E-state index contributed by atoms with van der Waals surface area (Å²) in [4.78, 5) is 12.0. The van der Waals surface area contributed by atoms with Crippen molar-refractivity contribution in [3.05, 3.63) is 59.7 Å². The van der Waals surface area contributed by atoms with Crippen molar-refractivity contribution in [3.63, 3.8) is 0 Å². The van der Waals surface area contributed by atoms with E-state index in [1.165, 1.54) is 30.3 Å². The van der Waals surface area contributed by atoms with Crippen molar-refractivity contribution in [2.45, 2.75) is 36.9 Å². The van der Waals surface area contributed by atoms with Gasteiger partial charge >= 0.3 is 6.18 Å². The third-order valence-electron chi connectivity index (χ3n) is 4.56. The van der Waals surface area contributed by atoms with E-state index < -0.39 is 21.8 Å². The number of alkyl halides is 3. The van der Waals surface area contributed by atoms with Crippen LogP contribution in [0.4, 0.5) is 18.9 Å². The number of rotatable bonds is 6. The van der Waals surface area contributed by atoms with Crippen molar-refractivity contribution in [1.82, 2.24) is 5.32 Å². The van der Waals surface area contributed by atoms with Gasteiger partial charge in [-0.2, -0.15) is 13.2 Å². The van der Waals surface area contributed by atoms with Gasteiger partial charge in [-0.1, -0.05) is 6.07 Å². The van der Waals surface area contributed by atoms with Crippen LogP contribution in [0.1, 0.15) is 35.7 Å². The van der Waals surface area contributed by atoms with Crippen LogP contribution in [-0.4, -0.2) is 20.4 Å². The average Bonchev–Trinajstić information content (AvgIpc) is 3.46. The van der Waals surface area contributed by atoms with Crippen LogP contribution in [0, 0.1) is 5.92 Å². The van der Waals surface area contributed by atoms with Crippen molar-refractivity contribution >= 4 is 21.6 Å². The predicted octanol–water partition coefficient (Wildman–Crippen LogP) is 4.03. The van der Waals surface area contributed by atoms with E-state index in [-0.39, 0.29) is 22.5 Å². The fourth-order valence-electron chi connectivity index (χ4n) is 2.76. The number of halogens is 3. The molecule has 1 atom stereocenters. The molecule has 2 N–H and O–H groups in total. The molecule has 9 heteroatoms. The molecule has 0 aromatic heterocycles. The highest BCUT2D eigenvalue weighted by atomic mass is 32.2. The molecule has 0 aliphatic heterocycles. The Balaban J connectivity index is 1.72. The summed E-state index contributed by atoms with van der Waals surface area (Å²) in [5.74, 6) is 0.189. The van der Waals surface area contributed by atoms with Crippen molar-refractivity contribution in [2.24, 2.45) is 5.92 Å². The normalized spacial score (nSPS) is 15.7. The summed E-state index contributed by atoms with van der Waals surface area (Å²) in [7, 11) is -4.09. The summed E-state index contributed by atoms with van der Waals surface area (Å²) in [6, 6.07) is 9.21. The first-order valence-corrected chi connectivity index (χ1v) is 10.2. The van der Waals surface area contributed by atoms with Gasteiger partial charge in [-0.3, -0.25) is 9.52 Å². The van der Waals surface area contributed by atoms with Gasteiger partial charge in [0.05, 0.1) is 10.5 Å². The van der Waals surface area contributed by atoms with Gasteiger partial charge in [0.15, 0.2) is 0 Å². The number of benzene rings is 2. The zero-order chi connectivity index (χ0) is 20.5. The van der Waals surface area contributed by atoms with Crippen LogP contribution in [0.5, 0.6) is 0 Å². The van der Waals surface area contributed by atoms with Gasteiger partial charge < -0.3 is 5.32 Å². The van der Waals surface area contributed by atoms with E-state index in [0.29, 0.717) is 11.5 Å². The molecule has 28 heavy (non-hydrogen) atoms. The SMILES string of the molecule is C[C@H](NC(=O)c1ccc(S(=O)(=O)Nc2cccc(C(F)(F)F)c2)cc1)C1CC1. The third-order valence-corrected chi connectivity index (χ3v) is 5.95. The van der Waals surface area contributed by atoms with Crippen LogP contribution in [0.25, 0.3) is 0 Å². The molecule has 3 rings (SSSR count). The largest absolute Gasteiger partial charge is 0.416 e. The summed E-state index contributed by atoms with van der Waals surface area (Å²) in [6.07, 6.45) is -2.41. The average molecular weight is 412 g/mol. The molecule has 1 fully saturated rings. The van der Waals surface area contributed by atoms with E-state index in [2.05, 4.69) is 10.0 Å². The van der Waals surface area contributed by atoms with Gasteiger partial charge in [0.25, 0.3) is 15.9 Å². The molecule has 0 spiro atoms.